The van der Waals surface area contributed by atoms with Gasteiger partial charge in [0.05, 0.1) is 19.8 Å². The number of piperidine rings is 1. The van der Waals surface area contributed by atoms with Gasteiger partial charge in [-0.15, -0.1) is 0 Å². The van der Waals surface area contributed by atoms with Crippen LogP contribution in [0.1, 0.15) is 26.7 Å². The Balaban J connectivity index is 1.68. The zero-order valence-corrected chi connectivity index (χ0v) is 15.1. The van der Waals surface area contributed by atoms with Crippen molar-refractivity contribution in [2.24, 2.45) is 11.8 Å². The van der Waals surface area contributed by atoms with Crippen molar-refractivity contribution in [3.05, 3.63) is 0 Å². The molecule has 0 aliphatic carbocycles. The third kappa shape index (κ3) is 6.65. The first-order chi connectivity index (χ1) is 11.5. The highest BCUT2D eigenvalue weighted by Gasteiger charge is 2.25. The maximum Gasteiger partial charge on any atom is 0.317 e. The molecule has 3 amide bonds. The fraction of sp³-hybridized carbons (Fsp3) is 0.882. The van der Waals surface area contributed by atoms with E-state index in [0.717, 1.165) is 58.8 Å². The molecule has 0 aromatic carbocycles. The van der Waals surface area contributed by atoms with Crippen molar-refractivity contribution in [3.8, 4) is 0 Å². The first kappa shape index (κ1) is 19.0. The van der Waals surface area contributed by atoms with Gasteiger partial charge in [-0.25, -0.2) is 4.79 Å². The second-order valence-electron chi connectivity index (χ2n) is 7.22. The van der Waals surface area contributed by atoms with Crippen LogP contribution in [-0.2, 0) is 9.53 Å². The van der Waals surface area contributed by atoms with E-state index in [1.54, 1.807) is 0 Å². The molecule has 2 rings (SSSR count). The van der Waals surface area contributed by atoms with Crippen molar-refractivity contribution in [1.82, 2.24) is 20.4 Å². The molecular formula is C17H32N4O3. The minimum absolute atomic E-state index is 0.0518. The summed E-state index contributed by atoms with van der Waals surface area (Å²) in [6.07, 6.45) is 2.19. The normalized spacial score (nSPS) is 22.5. The fourth-order valence-electron chi connectivity index (χ4n) is 3.20. The van der Waals surface area contributed by atoms with Crippen LogP contribution in [0.4, 0.5) is 4.79 Å². The summed E-state index contributed by atoms with van der Waals surface area (Å²) < 4.78 is 5.38. The molecule has 0 bridgehead atoms. The molecule has 0 aromatic rings. The van der Waals surface area contributed by atoms with Crippen LogP contribution in [0.15, 0.2) is 0 Å². The Bertz CT molecular complexity index is 411. The number of ether oxygens (including phenoxy) is 1. The van der Waals surface area contributed by atoms with E-state index in [9.17, 15) is 9.59 Å². The molecule has 2 heterocycles. The molecule has 0 radical (unpaired) electrons. The Kier molecular flexibility index (Phi) is 7.78. The smallest absolute Gasteiger partial charge is 0.317 e. The molecule has 1 atom stereocenters. The van der Waals surface area contributed by atoms with E-state index in [0.29, 0.717) is 18.4 Å². The predicted octanol–water partition coefficient (Wildman–Crippen LogP) is 0.512. The van der Waals surface area contributed by atoms with E-state index in [4.69, 9.17) is 4.74 Å². The van der Waals surface area contributed by atoms with Crippen molar-refractivity contribution in [1.29, 1.82) is 0 Å². The van der Waals surface area contributed by atoms with Crippen LogP contribution in [0.3, 0.4) is 0 Å². The van der Waals surface area contributed by atoms with Crippen LogP contribution >= 0.6 is 0 Å². The van der Waals surface area contributed by atoms with Crippen LogP contribution in [0.2, 0.25) is 0 Å². The van der Waals surface area contributed by atoms with Crippen molar-refractivity contribution < 1.29 is 14.3 Å². The Morgan fingerprint density at radius 1 is 1.17 bits per heavy atom. The Morgan fingerprint density at radius 3 is 2.62 bits per heavy atom. The van der Waals surface area contributed by atoms with Gasteiger partial charge in [-0.2, -0.15) is 0 Å². The van der Waals surface area contributed by atoms with E-state index in [2.05, 4.69) is 15.5 Å². The van der Waals surface area contributed by atoms with Crippen molar-refractivity contribution in [2.45, 2.75) is 26.7 Å². The van der Waals surface area contributed by atoms with Gasteiger partial charge in [0.25, 0.3) is 0 Å². The van der Waals surface area contributed by atoms with Gasteiger partial charge in [0.2, 0.25) is 5.91 Å². The van der Waals surface area contributed by atoms with Crippen molar-refractivity contribution in [3.63, 3.8) is 0 Å². The first-order valence-corrected chi connectivity index (χ1v) is 9.14. The first-order valence-electron chi connectivity index (χ1n) is 9.14. The van der Waals surface area contributed by atoms with Crippen LogP contribution in [0.25, 0.3) is 0 Å². The molecule has 2 N–H and O–H groups in total. The van der Waals surface area contributed by atoms with Gasteiger partial charge in [0.1, 0.15) is 0 Å². The third-order valence-electron chi connectivity index (χ3n) is 4.53. The molecule has 0 spiro atoms. The third-order valence-corrected chi connectivity index (χ3v) is 4.53. The quantitative estimate of drug-likeness (QED) is 0.739. The molecule has 7 heteroatoms. The number of nitrogens with one attached hydrogen (secondary N) is 2. The lowest BCUT2D eigenvalue weighted by Gasteiger charge is -2.36. The highest BCUT2D eigenvalue weighted by Crippen LogP contribution is 2.18. The summed E-state index contributed by atoms with van der Waals surface area (Å²) in [7, 11) is 0. The molecule has 0 aromatic heterocycles. The SMILES string of the molecule is CC(C)CNC(=O)CNC(=O)N1CCC[C@@H](CN2CCOCC2)C1. The van der Waals surface area contributed by atoms with Crippen LogP contribution in [0, 0.1) is 11.8 Å². The van der Waals surface area contributed by atoms with Gasteiger partial charge in [-0.3, -0.25) is 9.69 Å². The number of carbonyl (C=O) groups is 2. The fourth-order valence-corrected chi connectivity index (χ4v) is 3.20. The van der Waals surface area contributed by atoms with E-state index in [1.165, 1.54) is 0 Å². The summed E-state index contributed by atoms with van der Waals surface area (Å²) in [4.78, 5) is 28.3. The van der Waals surface area contributed by atoms with Crippen LogP contribution in [0.5, 0.6) is 0 Å². The summed E-state index contributed by atoms with van der Waals surface area (Å²) in [6, 6.07) is -0.124. The maximum absolute atomic E-state index is 12.3. The van der Waals surface area contributed by atoms with E-state index < -0.39 is 0 Å². The van der Waals surface area contributed by atoms with Gasteiger partial charge >= 0.3 is 6.03 Å². The lowest BCUT2D eigenvalue weighted by atomic mass is 9.97. The van der Waals surface area contributed by atoms with Crippen LogP contribution in [-0.4, -0.2) is 80.8 Å². The number of likely N-dealkylation sites (tertiary alicyclic amines) is 1. The topological polar surface area (TPSA) is 73.9 Å². The Morgan fingerprint density at radius 2 is 1.92 bits per heavy atom. The van der Waals surface area contributed by atoms with Crippen molar-refractivity contribution in [2.75, 3.05) is 59.0 Å². The van der Waals surface area contributed by atoms with Crippen molar-refractivity contribution >= 4 is 11.9 Å². The van der Waals surface area contributed by atoms with Gasteiger partial charge in [0, 0.05) is 39.3 Å². The monoisotopic (exact) mass is 340 g/mol. The number of amides is 3. The maximum atomic E-state index is 12.3. The zero-order chi connectivity index (χ0) is 17.4. The largest absolute Gasteiger partial charge is 0.379 e. The molecule has 24 heavy (non-hydrogen) atoms. The molecule has 2 fully saturated rings. The summed E-state index contributed by atoms with van der Waals surface area (Å²) in [5, 5.41) is 5.55. The van der Waals surface area contributed by atoms with Crippen LogP contribution < -0.4 is 10.6 Å². The predicted molar refractivity (Wildman–Crippen MR) is 92.8 cm³/mol. The number of hydrogen-bond acceptors (Lipinski definition) is 4. The lowest BCUT2D eigenvalue weighted by molar-refractivity contribution is -0.120. The Labute approximate surface area is 145 Å². The summed E-state index contributed by atoms with van der Waals surface area (Å²) in [5.41, 5.74) is 0. The number of rotatable bonds is 6. The average Bonchev–Trinajstić information content (AvgIpc) is 2.59. The zero-order valence-electron chi connectivity index (χ0n) is 15.1. The summed E-state index contributed by atoms with van der Waals surface area (Å²) in [6.45, 7) is 10.9. The molecular weight excluding hydrogens is 308 g/mol. The second kappa shape index (κ2) is 9.84. The van der Waals surface area contributed by atoms with Gasteiger partial charge < -0.3 is 20.3 Å². The number of hydrogen-bond donors (Lipinski definition) is 2. The minimum Gasteiger partial charge on any atom is -0.379 e. The number of carbonyl (C=O) groups excluding carboxylic acids is 2. The highest BCUT2D eigenvalue weighted by atomic mass is 16.5. The molecule has 0 unspecified atom stereocenters. The number of morpholine rings is 1. The molecule has 0 saturated carbocycles. The second-order valence-corrected chi connectivity index (χ2v) is 7.22. The molecule has 2 aliphatic heterocycles. The van der Waals surface area contributed by atoms with E-state index >= 15 is 0 Å². The molecule has 2 aliphatic rings. The van der Waals surface area contributed by atoms with Gasteiger partial charge in [-0.05, 0) is 24.7 Å². The molecule has 138 valence electrons. The average molecular weight is 340 g/mol. The summed E-state index contributed by atoms with van der Waals surface area (Å²) in [5.74, 6) is 0.795. The Hall–Kier alpha value is -1.34. The van der Waals surface area contributed by atoms with Gasteiger partial charge in [-0.1, -0.05) is 13.8 Å². The lowest BCUT2D eigenvalue weighted by Crippen LogP contribution is -2.50. The summed E-state index contributed by atoms with van der Waals surface area (Å²) >= 11 is 0. The van der Waals surface area contributed by atoms with E-state index in [-0.39, 0.29) is 18.5 Å². The van der Waals surface area contributed by atoms with Gasteiger partial charge in [0.15, 0.2) is 0 Å². The molecule has 7 nitrogen and oxygen atoms in total. The minimum atomic E-state index is -0.126. The number of urea groups is 1. The standard InChI is InChI=1S/C17H32N4O3/c1-14(2)10-18-16(22)11-19-17(23)21-5-3-4-15(13-21)12-20-6-8-24-9-7-20/h14-15H,3-13H2,1-2H3,(H,18,22)(H,19,23)/t15-/m0/s1. The van der Waals surface area contributed by atoms with E-state index in [1.807, 2.05) is 18.7 Å². The number of nitrogens with zero attached hydrogens (tertiary/aromatic N) is 2. The molecule has 2 saturated heterocycles. The highest BCUT2D eigenvalue weighted by molar-refractivity contribution is 5.83.